The van der Waals surface area contributed by atoms with Crippen LogP contribution in [0.5, 0.6) is 0 Å². The maximum Gasteiger partial charge on any atom is 0.673 e. The van der Waals surface area contributed by atoms with Gasteiger partial charge in [-0.2, -0.15) is 0 Å². The van der Waals surface area contributed by atoms with Gasteiger partial charge in [-0.1, -0.05) is 32.0 Å². The Balaban J connectivity index is 0.000000621. The molecule has 0 saturated carbocycles. The molecule has 0 radical (unpaired) electrons. The van der Waals surface area contributed by atoms with E-state index in [2.05, 4.69) is 26.0 Å². The average molecular weight is 406 g/mol. The van der Waals surface area contributed by atoms with Crippen LogP contribution in [0.4, 0.5) is 21.7 Å². The van der Waals surface area contributed by atoms with Crippen molar-refractivity contribution in [2.75, 3.05) is 0 Å². The van der Waals surface area contributed by atoms with Gasteiger partial charge in [0.25, 0.3) is 0 Å². The lowest BCUT2D eigenvalue weighted by atomic mass is 10.1. The lowest BCUT2D eigenvalue weighted by molar-refractivity contribution is -0.558. The van der Waals surface area contributed by atoms with Crippen LogP contribution in [0.3, 0.4) is 0 Å². The highest BCUT2D eigenvalue weighted by molar-refractivity contribution is 6.50. The molecule has 0 aliphatic heterocycles. The number of allylic oxidation sites excluding steroid dienone is 1. The van der Waals surface area contributed by atoms with Crippen LogP contribution in [-0.4, -0.2) is 7.25 Å². The van der Waals surface area contributed by atoms with Crippen molar-refractivity contribution in [3.63, 3.8) is 0 Å². The molecular weight excluding hydrogens is 389 g/mol. The predicted molar refractivity (Wildman–Crippen MR) is 68.6 cm³/mol. The van der Waals surface area contributed by atoms with E-state index in [-0.39, 0.29) is 27.0 Å². The van der Waals surface area contributed by atoms with Crippen molar-refractivity contribution >= 4 is 7.25 Å². The summed E-state index contributed by atoms with van der Waals surface area (Å²) in [5.41, 5.74) is 0. The summed E-state index contributed by atoms with van der Waals surface area (Å²) in [7, 11) is -6.00. The van der Waals surface area contributed by atoms with E-state index in [0.717, 1.165) is 6.42 Å². The van der Waals surface area contributed by atoms with E-state index < -0.39 is 7.25 Å². The quantitative estimate of drug-likeness (QED) is 0.401. The van der Waals surface area contributed by atoms with Gasteiger partial charge in [0.2, 0.25) is 0 Å². The molecular formula is C13H17BF5I. The van der Waals surface area contributed by atoms with Gasteiger partial charge in [0, 0.05) is 6.42 Å². The van der Waals surface area contributed by atoms with Gasteiger partial charge in [0.1, 0.15) is 5.83 Å². The van der Waals surface area contributed by atoms with E-state index in [1.807, 2.05) is 18.2 Å². The predicted octanol–water partition coefficient (Wildman–Crippen LogP) is 2.49. The molecule has 0 atom stereocenters. The Morgan fingerprint density at radius 3 is 2.10 bits per heavy atom. The van der Waals surface area contributed by atoms with Crippen LogP contribution in [0.2, 0.25) is 0 Å². The van der Waals surface area contributed by atoms with Crippen LogP contribution in [0.25, 0.3) is 0 Å². The van der Waals surface area contributed by atoms with E-state index in [9.17, 15) is 21.7 Å². The fraction of sp³-hybridized carbons (Fsp3) is 0.385. The largest absolute Gasteiger partial charge is 0.673 e. The van der Waals surface area contributed by atoms with Crippen LogP contribution in [0, 0.1) is 9.49 Å². The molecule has 0 amide bonds. The first kappa shape index (κ1) is 19.4. The zero-order valence-electron chi connectivity index (χ0n) is 11.3. The molecule has 0 aliphatic rings. The zero-order chi connectivity index (χ0) is 15.6. The molecule has 0 bridgehead atoms. The molecule has 0 spiro atoms. The Morgan fingerprint density at radius 1 is 1.15 bits per heavy atom. The van der Waals surface area contributed by atoms with Crippen LogP contribution < -0.4 is 21.2 Å². The standard InChI is InChI=1S/C13H17FI.BF4/c1-11(2)8-9-12(14)10-15-13-6-4-3-5-7-13;2-1(3,4)5/h3-7,10-11H,8-9H2,1-2H3;/q+1;-1/b12-10-;. The summed E-state index contributed by atoms with van der Waals surface area (Å²) >= 11 is -0.283. The summed E-state index contributed by atoms with van der Waals surface area (Å²) in [6.45, 7) is 4.25. The molecule has 0 fully saturated rings. The summed E-state index contributed by atoms with van der Waals surface area (Å²) in [6.07, 6.45) is 1.55. The first-order valence-corrected chi connectivity index (χ1v) is 8.41. The normalized spacial score (nSPS) is 12.1. The van der Waals surface area contributed by atoms with E-state index in [0.29, 0.717) is 12.3 Å². The fourth-order valence-electron chi connectivity index (χ4n) is 1.09. The summed E-state index contributed by atoms with van der Waals surface area (Å²) in [5.74, 6) is 0.652. The number of benzene rings is 1. The van der Waals surface area contributed by atoms with Gasteiger partial charge in [-0.3, -0.25) is 0 Å². The fourth-order valence-corrected chi connectivity index (χ4v) is 2.93. The summed E-state index contributed by atoms with van der Waals surface area (Å²) < 4.78 is 55.4. The van der Waals surface area contributed by atoms with E-state index in [4.69, 9.17) is 0 Å². The van der Waals surface area contributed by atoms with E-state index in [1.54, 1.807) is 4.08 Å². The molecule has 1 rings (SSSR count). The van der Waals surface area contributed by atoms with Crippen LogP contribution in [0.1, 0.15) is 26.7 Å². The number of halogens is 6. The van der Waals surface area contributed by atoms with Gasteiger partial charge in [0.15, 0.2) is 7.65 Å². The number of hydrogen-bond donors (Lipinski definition) is 0. The molecule has 20 heavy (non-hydrogen) atoms. The maximum atomic E-state index is 13.3. The van der Waals surface area contributed by atoms with Crippen LogP contribution in [0.15, 0.2) is 40.2 Å². The molecule has 0 N–H and O–H groups in total. The van der Waals surface area contributed by atoms with Crippen molar-refractivity contribution < 1.29 is 42.9 Å². The van der Waals surface area contributed by atoms with Crippen LogP contribution >= 0.6 is 0 Å². The summed E-state index contributed by atoms with van der Waals surface area (Å²) in [6, 6.07) is 10.1. The second kappa shape index (κ2) is 10.2. The van der Waals surface area contributed by atoms with Gasteiger partial charge < -0.3 is 17.3 Å². The lowest BCUT2D eigenvalue weighted by Crippen LogP contribution is -3.59. The Hall–Kier alpha value is -0.595. The highest BCUT2D eigenvalue weighted by Gasteiger charge is 2.20. The number of hydrogen-bond acceptors (Lipinski definition) is 0. The SMILES string of the molecule is CC(C)CC/C(F)=C/[I+]c1ccccc1.F[B-](F)(F)F. The molecule has 0 aliphatic carbocycles. The minimum absolute atomic E-state index is 0.0698. The first-order chi connectivity index (χ1) is 9.18. The van der Waals surface area contributed by atoms with Gasteiger partial charge in [-0.15, -0.1) is 0 Å². The Labute approximate surface area is 126 Å². The third-order valence-electron chi connectivity index (χ3n) is 1.99. The Morgan fingerprint density at radius 2 is 1.65 bits per heavy atom. The van der Waals surface area contributed by atoms with Crippen molar-refractivity contribution in [1.29, 1.82) is 0 Å². The summed E-state index contributed by atoms with van der Waals surface area (Å²) in [4.78, 5) is 0. The van der Waals surface area contributed by atoms with Crippen molar-refractivity contribution in [3.8, 4) is 0 Å². The second-order valence-electron chi connectivity index (χ2n) is 4.39. The molecule has 0 aromatic heterocycles. The third kappa shape index (κ3) is 15.5. The average Bonchev–Trinajstić information content (AvgIpc) is 2.33. The molecule has 0 saturated heterocycles. The Kier molecular flexibility index (Phi) is 9.88. The molecule has 0 unspecified atom stereocenters. The van der Waals surface area contributed by atoms with Crippen molar-refractivity contribution in [3.05, 3.63) is 43.8 Å². The highest BCUT2D eigenvalue weighted by atomic mass is 127. The monoisotopic (exact) mass is 406 g/mol. The van der Waals surface area contributed by atoms with Crippen LogP contribution in [-0.2, 0) is 0 Å². The molecule has 7 heteroatoms. The van der Waals surface area contributed by atoms with Gasteiger partial charge in [-0.25, -0.2) is 4.39 Å². The van der Waals surface area contributed by atoms with Crippen molar-refractivity contribution in [1.82, 2.24) is 0 Å². The van der Waals surface area contributed by atoms with Gasteiger partial charge in [-0.05, 0) is 24.5 Å². The lowest BCUT2D eigenvalue weighted by Gasteiger charge is -1.99. The summed E-state index contributed by atoms with van der Waals surface area (Å²) in [5, 5.41) is 0. The molecule has 1 aromatic carbocycles. The molecule has 0 heterocycles. The first-order valence-electron chi connectivity index (χ1n) is 6.08. The minimum atomic E-state index is -6.00. The smallest absolute Gasteiger partial charge is 0.418 e. The Bertz CT molecular complexity index is 383. The van der Waals surface area contributed by atoms with Crippen molar-refractivity contribution in [2.45, 2.75) is 26.7 Å². The number of rotatable bonds is 5. The molecule has 0 nitrogen and oxygen atoms in total. The van der Waals surface area contributed by atoms with E-state index in [1.165, 1.54) is 3.57 Å². The van der Waals surface area contributed by atoms with E-state index >= 15 is 0 Å². The second-order valence-corrected chi connectivity index (χ2v) is 6.88. The maximum absolute atomic E-state index is 13.3. The van der Waals surface area contributed by atoms with Gasteiger partial charge in [0.05, 0.1) is 0 Å². The highest BCUT2D eigenvalue weighted by Crippen LogP contribution is 2.10. The zero-order valence-corrected chi connectivity index (χ0v) is 13.5. The third-order valence-corrected chi connectivity index (χ3v) is 4.42. The minimum Gasteiger partial charge on any atom is -0.418 e. The van der Waals surface area contributed by atoms with Gasteiger partial charge >= 0.3 is 28.5 Å². The van der Waals surface area contributed by atoms with Crippen molar-refractivity contribution in [2.24, 2.45) is 5.92 Å². The molecule has 114 valence electrons. The topological polar surface area (TPSA) is 0 Å². The molecule has 1 aromatic rings.